The Bertz CT molecular complexity index is 1240. The molecule has 0 aliphatic carbocycles. The van der Waals surface area contributed by atoms with E-state index >= 15 is 0 Å². The lowest BCUT2D eigenvalue weighted by Gasteiger charge is -2.14. The molecule has 0 aliphatic rings. The van der Waals surface area contributed by atoms with Crippen molar-refractivity contribution in [3.63, 3.8) is 0 Å². The summed E-state index contributed by atoms with van der Waals surface area (Å²) in [7, 11) is 3.12. The van der Waals surface area contributed by atoms with Crippen molar-refractivity contribution in [2.45, 2.75) is 0 Å². The predicted octanol–water partition coefficient (Wildman–Crippen LogP) is 5.82. The predicted molar refractivity (Wildman–Crippen MR) is 120 cm³/mol. The van der Waals surface area contributed by atoms with Crippen LogP contribution in [0.4, 0.5) is 5.69 Å². The van der Waals surface area contributed by atoms with Crippen molar-refractivity contribution < 1.29 is 14.3 Å². The lowest BCUT2D eigenvalue weighted by molar-refractivity contribution is 0.102. The first-order valence-electron chi connectivity index (χ1n) is 9.29. The number of hydrogen-bond donors (Lipinski definition) is 1. The van der Waals surface area contributed by atoms with E-state index in [9.17, 15) is 4.79 Å². The van der Waals surface area contributed by atoms with Crippen LogP contribution in [0.1, 0.15) is 10.4 Å². The zero-order valence-electron chi connectivity index (χ0n) is 16.5. The molecule has 0 aliphatic heterocycles. The molecule has 0 unspecified atom stereocenters. The quantitative estimate of drug-likeness (QED) is 0.443. The Morgan fingerprint density at radius 3 is 2.47 bits per heavy atom. The van der Waals surface area contributed by atoms with Gasteiger partial charge in [0.25, 0.3) is 5.91 Å². The molecule has 5 nitrogen and oxygen atoms in total. The topological polar surface area (TPSA) is 60.5 Å². The van der Waals surface area contributed by atoms with Gasteiger partial charge in [-0.05, 0) is 30.3 Å². The van der Waals surface area contributed by atoms with Crippen LogP contribution in [-0.2, 0) is 0 Å². The van der Waals surface area contributed by atoms with Crippen LogP contribution in [0.3, 0.4) is 0 Å². The number of fused-ring (bicyclic) bond motifs is 1. The highest BCUT2D eigenvalue weighted by Crippen LogP contribution is 2.32. The highest BCUT2D eigenvalue weighted by atomic mass is 35.5. The van der Waals surface area contributed by atoms with Crippen molar-refractivity contribution in [2.75, 3.05) is 19.5 Å². The van der Waals surface area contributed by atoms with Gasteiger partial charge in [0.1, 0.15) is 11.5 Å². The van der Waals surface area contributed by atoms with E-state index in [1.165, 1.54) is 0 Å². The summed E-state index contributed by atoms with van der Waals surface area (Å²) in [5.74, 6) is 0.873. The minimum absolute atomic E-state index is 0.273. The minimum Gasteiger partial charge on any atom is -0.497 e. The molecular weight excluding hydrogens is 400 g/mol. The van der Waals surface area contributed by atoms with Gasteiger partial charge in [-0.1, -0.05) is 48.0 Å². The number of methoxy groups -OCH3 is 2. The van der Waals surface area contributed by atoms with E-state index in [1.807, 2.05) is 42.5 Å². The average Bonchev–Trinajstić information content (AvgIpc) is 2.78. The number of nitrogens with one attached hydrogen (secondary N) is 1. The number of aromatic nitrogens is 1. The summed E-state index contributed by atoms with van der Waals surface area (Å²) in [4.78, 5) is 18.0. The number of pyridine rings is 1. The number of halogens is 1. The number of ether oxygens (including phenoxy) is 2. The second kappa shape index (κ2) is 8.43. The van der Waals surface area contributed by atoms with Crippen molar-refractivity contribution in [3.05, 3.63) is 83.4 Å². The Morgan fingerprint density at radius 2 is 1.70 bits per heavy atom. The molecule has 0 fully saturated rings. The third-order valence-corrected chi connectivity index (χ3v) is 5.10. The summed E-state index contributed by atoms with van der Waals surface area (Å²) < 4.78 is 10.6. The van der Waals surface area contributed by atoms with E-state index < -0.39 is 0 Å². The van der Waals surface area contributed by atoms with Gasteiger partial charge in [0.15, 0.2) is 0 Å². The summed E-state index contributed by atoms with van der Waals surface area (Å²) in [5.41, 5.74) is 3.14. The van der Waals surface area contributed by atoms with Gasteiger partial charge in [0, 0.05) is 22.0 Å². The van der Waals surface area contributed by atoms with E-state index in [-0.39, 0.29) is 5.91 Å². The SMILES string of the molecule is COc1ccc(NC(=O)c2cc(-c3ccccc3Cl)nc3ccccc23)c(OC)c1. The molecule has 0 bridgehead atoms. The fraction of sp³-hybridized carbons (Fsp3) is 0.0833. The molecule has 4 aromatic rings. The fourth-order valence-corrected chi connectivity index (χ4v) is 3.49. The van der Waals surface area contributed by atoms with Crippen LogP contribution >= 0.6 is 11.6 Å². The normalized spacial score (nSPS) is 10.6. The Kier molecular flexibility index (Phi) is 5.55. The van der Waals surface area contributed by atoms with Gasteiger partial charge in [-0.25, -0.2) is 4.98 Å². The summed E-state index contributed by atoms with van der Waals surface area (Å²) >= 11 is 6.37. The number of rotatable bonds is 5. The fourth-order valence-electron chi connectivity index (χ4n) is 3.26. The van der Waals surface area contributed by atoms with Gasteiger partial charge in [-0.15, -0.1) is 0 Å². The Labute approximate surface area is 179 Å². The molecule has 1 N–H and O–H groups in total. The zero-order valence-corrected chi connectivity index (χ0v) is 17.2. The van der Waals surface area contributed by atoms with E-state index in [0.717, 1.165) is 10.9 Å². The van der Waals surface area contributed by atoms with Crippen LogP contribution in [-0.4, -0.2) is 25.1 Å². The molecule has 1 amide bonds. The number of amides is 1. The Hall–Kier alpha value is -3.57. The maximum Gasteiger partial charge on any atom is 0.256 e. The van der Waals surface area contributed by atoms with Crippen LogP contribution in [0.15, 0.2) is 72.8 Å². The Morgan fingerprint density at radius 1 is 0.933 bits per heavy atom. The lowest BCUT2D eigenvalue weighted by Crippen LogP contribution is -2.14. The van der Waals surface area contributed by atoms with Crippen molar-refractivity contribution in [2.24, 2.45) is 0 Å². The molecule has 3 aromatic carbocycles. The first-order valence-corrected chi connectivity index (χ1v) is 9.66. The highest BCUT2D eigenvalue weighted by molar-refractivity contribution is 6.33. The molecule has 0 saturated heterocycles. The van der Waals surface area contributed by atoms with Gasteiger partial charge >= 0.3 is 0 Å². The van der Waals surface area contributed by atoms with Crippen LogP contribution in [0.5, 0.6) is 11.5 Å². The van der Waals surface area contributed by atoms with Crippen molar-refractivity contribution in [1.82, 2.24) is 4.98 Å². The van der Waals surface area contributed by atoms with Gasteiger partial charge in [0.05, 0.1) is 36.7 Å². The summed E-state index contributed by atoms with van der Waals surface area (Å²) in [6.45, 7) is 0. The summed E-state index contributed by atoms with van der Waals surface area (Å²) in [6.07, 6.45) is 0. The summed E-state index contributed by atoms with van der Waals surface area (Å²) in [5, 5.41) is 4.26. The second-order valence-electron chi connectivity index (χ2n) is 6.57. The van der Waals surface area contributed by atoms with E-state index in [2.05, 4.69) is 5.32 Å². The van der Waals surface area contributed by atoms with Gasteiger partial charge < -0.3 is 14.8 Å². The van der Waals surface area contributed by atoms with Gasteiger partial charge in [-0.3, -0.25) is 4.79 Å². The molecule has 0 radical (unpaired) electrons. The van der Waals surface area contributed by atoms with E-state index in [4.69, 9.17) is 26.1 Å². The molecule has 4 rings (SSSR count). The van der Waals surface area contributed by atoms with E-state index in [1.54, 1.807) is 44.6 Å². The van der Waals surface area contributed by atoms with Crippen LogP contribution in [0, 0.1) is 0 Å². The number of carbonyl (C=O) groups excluding carboxylic acids is 1. The molecule has 6 heteroatoms. The first kappa shape index (κ1) is 19.7. The van der Waals surface area contributed by atoms with E-state index in [0.29, 0.717) is 39.0 Å². The number of carbonyl (C=O) groups is 1. The molecule has 0 saturated carbocycles. The largest absolute Gasteiger partial charge is 0.497 e. The second-order valence-corrected chi connectivity index (χ2v) is 6.98. The number of benzene rings is 3. The third-order valence-electron chi connectivity index (χ3n) is 4.77. The Balaban J connectivity index is 1.80. The maximum atomic E-state index is 13.3. The molecular formula is C24H19ClN2O3. The van der Waals surface area contributed by atoms with Crippen LogP contribution in [0.2, 0.25) is 5.02 Å². The molecule has 0 atom stereocenters. The monoisotopic (exact) mass is 418 g/mol. The van der Waals surface area contributed by atoms with Crippen molar-refractivity contribution >= 4 is 34.1 Å². The van der Waals surface area contributed by atoms with Gasteiger partial charge in [-0.2, -0.15) is 0 Å². The van der Waals surface area contributed by atoms with Crippen molar-refractivity contribution in [3.8, 4) is 22.8 Å². The molecule has 1 heterocycles. The molecule has 150 valence electrons. The third kappa shape index (κ3) is 3.80. The van der Waals surface area contributed by atoms with Crippen LogP contribution < -0.4 is 14.8 Å². The van der Waals surface area contributed by atoms with Crippen LogP contribution in [0.25, 0.3) is 22.2 Å². The standard InChI is InChI=1S/C24H19ClN2O3/c1-29-15-11-12-21(23(13-15)30-2)27-24(28)18-14-22(17-8-3-5-9-19(17)25)26-20-10-6-4-7-16(18)20/h3-14H,1-2H3,(H,27,28). The maximum absolute atomic E-state index is 13.3. The first-order chi connectivity index (χ1) is 14.6. The number of para-hydroxylation sites is 1. The number of anilines is 1. The molecule has 0 spiro atoms. The number of hydrogen-bond acceptors (Lipinski definition) is 4. The highest BCUT2D eigenvalue weighted by Gasteiger charge is 2.17. The lowest BCUT2D eigenvalue weighted by atomic mass is 10.0. The molecule has 30 heavy (non-hydrogen) atoms. The molecule has 1 aromatic heterocycles. The number of nitrogens with zero attached hydrogens (tertiary/aromatic N) is 1. The zero-order chi connectivity index (χ0) is 21.1. The van der Waals surface area contributed by atoms with Crippen molar-refractivity contribution in [1.29, 1.82) is 0 Å². The average molecular weight is 419 g/mol. The summed E-state index contributed by atoms with van der Waals surface area (Å²) in [6, 6.07) is 21.9. The minimum atomic E-state index is -0.273. The van der Waals surface area contributed by atoms with Gasteiger partial charge in [0.2, 0.25) is 0 Å². The smallest absolute Gasteiger partial charge is 0.256 e.